The third-order valence-corrected chi connectivity index (χ3v) is 5.03. The summed E-state index contributed by atoms with van der Waals surface area (Å²) in [5.41, 5.74) is 1.12. The van der Waals surface area contributed by atoms with Crippen LogP contribution in [0.15, 0.2) is 23.3 Å². The lowest BCUT2D eigenvalue weighted by atomic mass is 10.0. The molecule has 1 aromatic rings. The van der Waals surface area contributed by atoms with E-state index in [0.717, 1.165) is 43.5 Å². The first kappa shape index (κ1) is 24.9. The highest BCUT2D eigenvalue weighted by Crippen LogP contribution is 2.18. The number of hydrogen-bond acceptors (Lipinski definition) is 4. The maximum atomic E-state index is 5.80. The quantitative estimate of drug-likeness (QED) is 0.321. The Morgan fingerprint density at radius 3 is 2.39 bits per heavy atom. The van der Waals surface area contributed by atoms with Gasteiger partial charge in [0, 0.05) is 32.4 Å². The van der Waals surface area contributed by atoms with Gasteiger partial charge in [-0.15, -0.1) is 24.0 Å². The van der Waals surface area contributed by atoms with E-state index in [1.54, 1.807) is 0 Å². The highest BCUT2D eigenvalue weighted by molar-refractivity contribution is 14.0. The predicted octanol–water partition coefficient (Wildman–Crippen LogP) is 3.80. The number of pyridine rings is 1. The first-order valence-electron chi connectivity index (χ1n) is 10.4. The van der Waals surface area contributed by atoms with Crippen LogP contribution < -0.4 is 15.5 Å². The maximum Gasteiger partial charge on any atom is 0.191 e. The zero-order valence-electron chi connectivity index (χ0n) is 18.1. The number of nitrogens with zero attached hydrogens (tertiary/aromatic N) is 3. The fourth-order valence-electron chi connectivity index (χ4n) is 3.39. The molecule has 28 heavy (non-hydrogen) atoms. The van der Waals surface area contributed by atoms with Crippen LogP contribution in [0.2, 0.25) is 0 Å². The van der Waals surface area contributed by atoms with Crippen molar-refractivity contribution in [3.63, 3.8) is 0 Å². The van der Waals surface area contributed by atoms with E-state index in [-0.39, 0.29) is 36.2 Å². The molecule has 6 nitrogen and oxygen atoms in total. The number of ether oxygens (including phenoxy) is 1. The number of morpholine rings is 1. The molecule has 0 spiro atoms. The Kier molecular flexibility index (Phi) is 11.8. The Hall–Kier alpha value is -1.09. The predicted molar refractivity (Wildman–Crippen MR) is 129 cm³/mol. The number of nitrogens with one attached hydrogen (secondary N) is 2. The average Bonchev–Trinajstić information content (AvgIpc) is 2.66. The summed E-state index contributed by atoms with van der Waals surface area (Å²) in [5, 5.41) is 6.79. The van der Waals surface area contributed by atoms with Crippen molar-refractivity contribution in [3.05, 3.63) is 23.9 Å². The maximum absolute atomic E-state index is 5.80. The number of rotatable bonds is 8. The zero-order chi connectivity index (χ0) is 19.6. The monoisotopic (exact) mass is 503 g/mol. The van der Waals surface area contributed by atoms with Crippen molar-refractivity contribution in [1.82, 2.24) is 15.6 Å². The van der Waals surface area contributed by atoms with Gasteiger partial charge in [0.25, 0.3) is 0 Å². The molecule has 1 aliphatic heterocycles. The molecule has 2 unspecified atom stereocenters. The minimum Gasteiger partial charge on any atom is -0.372 e. The molecule has 0 bridgehead atoms. The Balaban J connectivity index is 0.00000392. The minimum absolute atomic E-state index is 0. The van der Waals surface area contributed by atoms with Crippen LogP contribution in [0.3, 0.4) is 0 Å². The van der Waals surface area contributed by atoms with Crippen molar-refractivity contribution in [2.45, 2.75) is 66.2 Å². The highest BCUT2D eigenvalue weighted by atomic mass is 127. The average molecular weight is 503 g/mol. The number of anilines is 1. The second-order valence-corrected chi connectivity index (χ2v) is 7.45. The number of aromatic nitrogens is 1. The third kappa shape index (κ3) is 8.11. The Morgan fingerprint density at radius 2 is 1.86 bits per heavy atom. The zero-order valence-corrected chi connectivity index (χ0v) is 20.4. The van der Waals surface area contributed by atoms with Gasteiger partial charge < -0.3 is 20.3 Å². The summed E-state index contributed by atoms with van der Waals surface area (Å²) in [6.45, 7) is 15.0. The van der Waals surface area contributed by atoms with Gasteiger partial charge in [-0.05, 0) is 38.3 Å². The molecule has 7 heteroatoms. The van der Waals surface area contributed by atoms with Crippen LogP contribution in [0.4, 0.5) is 5.82 Å². The van der Waals surface area contributed by atoms with Gasteiger partial charge in [0.05, 0.1) is 18.8 Å². The van der Waals surface area contributed by atoms with Crippen molar-refractivity contribution < 1.29 is 4.74 Å². The molecule has 2 atom stereocenters. The molecule has 0 aliphatic carbocycles. The number of halogens is 1. The van der Waals surface area contributed by atoms with E-state index in [1.807, 2.05) is 6.20 Å². The normalized spacial score (nSPS) is 20.1. The van der Waals surface area contributed by atoms with Gasteiger partial charge in [-0.1, -0.05) is 32.8 Å². The van der Waals surface area contributed by atoms with E-state index in [0.29, 0.717) is 12.5 Å². The summed E-state index contributed by atoms with van der Waals surface area (Å²) in [4.78, 5) is 11.7. The molecule has 1 aliphatic rings. The van der Waals surface area contributed by atoms with Gasteiger partial charge in [0.2, 0.25) is 0 Å². The smallest absolute Gasteiger partial charge is 0.191 e. The van der Waals surface area contributed by atoms with Crippen LogP contribution in [-0.4, -0.2) is 49.3 Å². The van der Waals surface area contributed by atoms with E-state index in [4.69, 9.17) is 9.73 Å². The second kappa shape index (κ2) is 13.2. The first-order valence-corrected chi connectivity index (χ1v) is 10.4. The van der Waals surface area contributed by atoms with E-state index in [2.05, 4.69) is 67.3 Å². The fourth-order valence-corrected chi connectivity index (χ4v) is 3.39. The van der Waals surface area contributed by atoms with Crippen molar-refractivity contribution >= 4 is 35.8 Å². The molecule has 1 saturated heterocycles. The molecule has 2 rings (SSSR count). The van der Waals surface area contributed by atoms with E-state index < -0.39 is 0 Å². The van der Waals surface area contributed by atoms with Crippen molar-refractivity contribution in [3.8, 4) is 0 Å². The molecule has 0 saturated carbocycles. The van der Waals surface area contributed by atoms with Gasteiger partial charge in [-0.2, -0.15) is 0 Å². The van der Waals surface area contributed by atoms with Gasteiger partial charge in [0.1, 0.15) is 5.82 Å². The van der Waals surface area contributed by atoms with Crippen LogP contribution in [0.25, 0.3) is 0 Å². The lowest BCUT2D eigenvalue weighted by molar-refractivity contribution is -0.00545. The van der Waals surface area contributed by atoms with Crippen molar-refractivity contribution in [2.24, 2.45) is 10.9 Å². The summed E-state index contributed by atoms with van der Waals surface area (Å²) in [5.74, 6) is 2.58. The fraction of sp³-hybridized carbons (Fsp3) is 0.714. The van der Waals surface area contributed by atoms with Gasteiger partial charge in [-0.3, -0.25) is 0 Å². The van der Waals surface area contributed by atoms with Crippen LogP contribution in [0.5, 0.6) is 0 Å². The first-order chi connectivity index (χ1) is 13.0. The largest absolute Gasteiger partial charge is 0.372 e. The van der Waals surface area contributed by atoms with E-state index >= 15 is 0 Å². The summed E-state index contributed by atoms with van der Waals surface area (Å²) >= 11 is 0. The minimum atomic E-state index is 0. The molecule has 1 aromatic heterocycles. The van der Waals surface area contributed by atoms with E-state index in [9.17, 15) is 0 Å². The van der Waals surface area contributed by atoms with Crippen LogP contribution >= 0.6 is 24.0 Å². The Labute approximate surface area is 187 Å². The summed E-state index contributed by atoms with van der Waals surface area (Å²) in [7, 11) is 0. The summed E-state index contributed by atoms with van der Waals surface area (Å²) in [6.07, 6.45) is 4.79. The molecular formula is C21H38IN5O. The van der Waals surface area contributed by atoms with Gasteiger partial charge in [0.15, 0.2) is 5.96 Å². The van der Waals surface area contributed by atoms with Crippen LogP contribution in [-0.2, 0) is 11.3 Å². The van der Waals surface area contributed by atoms with Gasteiger partial charge in [-0.25, -0.2) is 9.98 Å². The van der Waals surface area contributed by atoms with Crippen LogP contribution in [0.1, 0.15) is 53.0 Å². The molecular weight excluding hydrogens is 465 g/mol. The lowest BCUT2D eigenvalue weighted by Crippen LogP contribution is -2.45. The summed E-state index contributed by atoms with van der Waals surface area (Å²) in [6, 6.07) is 4.22. The standard InChI is InChI=1S/C21H37N5O.HI/c1-6-18(7-2)11-24-21(22-8-3)25-13-19-9-10-20(23-12-19)26-14-16(4)27-17(5)15-26;/h9-10,12,16-18H,6-8,11,13-15H2,1-5H3,(H2,22,24,25);1H. The number of guanidine groups is 1. The van der Waals surface area contributed by atoms with Crippen molar-refractivity contribution in [1.29, 1.82) is 0 Å². The molecule has 0 aromatic carbocycles. The molecule has 0 amide bonds. The van der Waals surface area contributed by atoms with E-state index in [1.165, 1.54) is 12.8 Å². The third-order valence-electron chi connectivity index (χ3n) is 5.03. The Bertz CT molecular complexity index is 567. The SMILES string of the molecule is CCNC(=NCc1ccc(N2CC(C)OC(C)C2)nc1)NCC(CC)CC.I. The van der Waals surface area contributed by atoms with Crippen LogP contribution in [0, 0.1) is 5.92 Å². The summed E-state index contributed by atoms with van der Waals surface area (Å²) < 4.78 is 5.80. The molecule has 1 fully saturated rings. The molecule has 2 N–H and O–H groups in total. The number of hydrogen-bond donors (Lipinski definition) is 2. The highest BCUT2D eigenvalue weighted by Gasteiger charge is 2.22. The molecule has 2 heterocycles. The number of aliphatic imine (C=N–C) groups is 1. The topological polar surface area (TPSA) is 61.8 Å². The molecule has 0 radical (unpaired) electrons. The van der Waals surface area contributed by atoms with Crippen molar-refractivity contribution in [2.75, 3.05) is 31.1 Å². The second-order valence-electron chi connectivity index (χ2n) is 7.45. The van der Waals surface area contributed by atoms with Gasteiger partial charge >= 0.3 is 0 Å². The molecule has 160 valence electrons. The Morgan fingerprint density at radius 1 is 1.18 bits per heavy atom. The lowest BCUT2D eigenvalue weighted by Gasteiger charge is -2.36.